The summed E-state index contributed by atoms with van der Waals surface area (Å²) in [4.78, 5) is 22.6. The van der Waals surface area contributed by atoms with Crippen LogP contribution < -0.4 is 0 Å². The smallest absolute Gasteiger partial charge is 0.259 e. The molecule has 2 aromatic heterocycles. The second-order valence-electron chi connectivity index (χ2n) is 8.01. The lowest BCUT2D eigenvalue weighted by molar-refractivity contribution is 0.0229. The van der Waals surface area contributed by atoms with Gasteiger partial charge in [0, 0.05) is 43.6 Å². The average molecular weight is 408 g/mol. The first-order valence-corrected chi connectivity index (χ1v) is 10.5. The van der Waals surface area contributed by atoms with E-state index in [2.05, 4.69) is 34.0 Å². The molecule has 30 heavy (non-hydrogen) atoms. The Labute approximate surface area is 177 Å². The molecule has 0 N–H and O–H groups in total. The molecule has 0 radical (unpaired) electrons. The number of aromatic nitrogens is 3. The zero-order chi connectivity index (χ0) is 21.1. The molecule has 7 heteroatoms. The summed E-state index contributed by atoms with van der Waals surface area (Å²) in [5, 5.41) is 4.42. The minimum Gasteiger partial charge on any atom is -0.379 e. The molecule has 0 bridgehead atoms. The first-order chi connectivity index (χ1) is 14.5. The molecular formula is C23H29N5O2. The maximum atomic E-state index is 13.7. The molecule has 1 aliphatic rings. The summed E-state index contributed by atoms with van der Waals surface area (Å²) >= 11 is 0. The molecule has 0 saturated carbocycles. The number of carbonyl (C=O) groups is 1. The molecule has 1 aliphatic heterocycles. The quantitative estimate of drug-likeness (QED) is 0.629. The molecule has 1 saturated heterocycles. The molecule has 1 fully saturated rings. The summed E-state index contributed by atoms with van der Waals surface area (Å²) in [6.45, 7) is 10.7. The number of rotatable bonds is 6. The van der Waals surface area contributed by atoms with E-state index in [1.54, 1.807) is 10.7 Å². The first kappa shape index (κ1) is 20.5. The van der Waals surface area contributed by atoms with E-state index in [0.717, 1.165) is 49.8 Å². The highest BCUT2D eigenvalue weighted by molar-refractivity contribution is 5.99. The lowest BCUT2D eigenvalue weighted by atomic mass is 10.1. The zero-order valence-electron chi connectivity index (χ0n) is 17.9. The number of ether oxygens (including phenoxy) is 1. The Morgan fingerprint density at radius 1 is 1.20 bits per heavy atom. The van der Waals surface area contributed by atoms with Crippen LogP contribution in [0.15, 0.2) is 42.6 Å². The highest BCUT2D eigenvalue weighted by Gasteiger charge is 2.27. The third kappa shape index (κ3) is 4.37. The fourth-order valence-corrected chi connectivity index (χ4v) is 4.04. The van der Waals surface area contributed by atoms with E-state index >= 15 is 0 Å². The number of aryl methyl sites for hydroxylation is 2. The van der Waals surface area contributed by atoms with Gasteiger partial charge in [-0.1, -0.05) is 30.3 Å². The second-order valence-corrected chi connectivity index (χ2v) is 8.01. The number of hydrogen-bond donors (Lipinski definition) is 0. The maximum absolute atomic E-state index is 13.7. The van der Waals surface area contributed by atoms with Crippen molar-refractivity contribution in [1.82, 2.24) is 24.4 Å². The first-order valence-electron chi connectivity index (χ1n) is 10.5. The Morgan fingerprint density at radius 3 is 2.67 bits per heavy atom. The van der Waals surface area contributed by atoms with E-state index in [1.807, 2.05) is 43.0 Å². The SMILES string of the molecule is Cc1cc(C)n2ncc(C(=O)N(Cc3ccccc3)C(C)CN3CCOCC3)c2n1. The number of hydrogen-bond acceptors (Lipinski definition) is 5. The summed E-state index contributed by atoms with van der Waals surface area (Å²) in [6.07, 6.45) is 1.65. The molecule has 1 amide bonds. The lowest BCUT2D eigenvalue weighted by Gasteiger charge is -2.35. The van der Waals surface area contributed by atoms with Gasteiger partial charge >= 0.3 is 0 Å². The predicted octanol–water partition coefficient (Wildman–Crippen LogP) is 2.71. The van der Waals surface area contributed by atoms with Crippen LogP contribution in [0.5, 0.6) is 0 Å². The van der Waals surface area contributed by atoms with Gasteiger partial charge in [-0.25, -0.2) is 9.50 Å². The molecule has 1 unspecified atom stereocenters. The molecule has 7 nitrogen and oxygen atoms in total. The van der Waals surface area contributed by atoms with Gasteiger partial charge in [-0.2, -0.15) is 5.10 Å². The monoisotopic (exact) mass is 407 g/mol. The van der Waals surface area contributed by atoms with Gasteiger partial charge in [0.05, 0.1) is 19.4 Å². The standard InChI is InChI=1S/C23H29N5O2/c1-17-13-18(2)28-22(25-17)21(14-24-28)23(29)27(16-20-7-5-4-6-8-20)19(3)15-26-9-11-30-12-10-26/h4-8,13-14,19H,9-12,15-16H2,1-3H3. The number of nitrogens with zero attached hydrogens (tertiary/aromatic N) is 5. The summed E-state index contributed by atoms with van der Waals surface area (Å²) in [7, 11) is 0. The Morgan fingerprint density at radius 2 is 1.93 bits per heavy atom. The van der Waals surface area contributed by atoms with Crippen LogP contribution in [0, 0.1) is 13.8 Å². The van der Waals surface area contributed by atoms with Gasteiger partial charge in [0.15, 0.2) is 5.65 Å². The number of fused-ring (bicyclic) bond motifs is 1. The minimum atomic E-state index is -0.0351. The summed E-state index contributed by atoms with van der Waals surface area (Å²) in [6, 6.07) is 12.1. The maximum Gasteiger partial charge on any atom is 0.259 e. The molecule has 0 aliphatic carbocycles. The van der Waals surface area contributed by atoms with E-state index in [1.165, 1.54) is 0 Å². The Bertz CT molecular complexity index is 1010. The van der Waals surface area contributed by atoms with Crippen LogP contribution >= 0.6 is 0 Å². The lowest BCUT2D eigenvalue weighted by Crippen LogP contribution is -2.48. The van der Waals surface area contributed by atoms with Crippen LogP contribution in [0.25, 0.3) is 5.65 Å². The molecule has 0 spiro atoms. The Kier molecular flexibility index (Phi) is 6.11. The summed E-state index contributed by atoms with van der Waals surface area (Å²) in [5.74, 6) is -0.0351. The Balaban J connectivity index is 1.65. The average Bonchev–Trinajstić information content (AvgIpc) is 3.17. The van der Waals surface area contributed by atoms with Gasteiger partial charge in [0.2, 0.25) is 0 Å². The van der Waals surface area contributed by atoms with E-state index in [0.29, 0.717) is 17.8 Å². The van der Waals surface area contributed by atoms with Gasteiger partial charge in [-0.15, -0.1) is 0 Å². The Hall–Kier alpha value is -2.77. The molecular weight excluding hydrogens is 378 g/mol. The van der Waals surface area contributed by atoms with Crippen molar-refractivity contribution in [2.45, 2.75) is 33.4 Å². The number of morpholine rings is 1. The van der Waals surface area contributed by atoms with Crippen molar-refractivity contribution in [3.63, 3.8) is 0 Å². The minimum absolute atomic E-state index is 0.0351. The molecule has 1 atom stereocenters. The van der Waals surface area contributed by atoms with Crippen molar-refractivity contribution in [2.75, 3.05) is 32.8 Å². The molecule has 1 aromatic carbocycles. The molecule has 3 aromatic rings. The topological polar surface area (TPSA) is 63.0 Å². The summed E-state index contributed by atoms with van der Waals surface area (Å²) < 4.78 is 7.22. The number of amides is 1. The van der Waals surface area contributed by atoms with Crippen LogP contribution in [-0.2, 0) is 11.3 Å². The van der Waals surface area contributed by atoms with Crippen LogP contribution in [0.4, 0.5) is 0 Å². The summed E-state index contributed by atoms with van der Waals surface area (Å²) in [5.41, 5.74) is 4.12. The fraction of sp³-hybridized carbons (Fsp3) is 0.435. The van der Waals surface area contributed by atoms with Gasteiger partial charge < -0.3 is 9.64 Å². The third-order valence-electron chi connectivity index (χ3n) is 5.62. The molecule has 4 rings (SSSR count). The van der Waals surface area contributed by atoms with Crippen LogP contribution in [-0.4, -0.2) is 69.2 Å². The highest BCUT2D eigenvalue weighted by atomic mass is 16.5. The number of carbonyl (C=O) groups excluding carboxylic acids is 1. The van der Waals surface area contributed by atoms with E-state index < -0.39 is 0 Å². The molecule has 3 heterocycles. The van der Waals surface area contributed by atoms with Gasteiger partial charge in [0.1, 0.15) is 5.56 Å². The van der Waals surface area contributed by atoms with Crippen molar-refractivity contribution in [1.29, 1.82) is 0 Å². The number of benzene rings is 1. The van der Waals surface area contributed by atoms with Crippen LogP contribution in [0.3, 0.4) is 0 Å². The van der Waals surface area contributed by atoms with E-state index in [9.17, 15) is 4.79 Å². The normalized spacial score (nSPS) is 16.0. The highest BCUT2D eigenvalue weighted by Crippen LogP contribution is 2.19. The van der Waals surface area contributed by atoms with E-state index in [-0.39, 0.29) is 11.9 Å². The second kappa shape index (κ2) is 8.93. The van der Waals surface area contributed by atoms with Gasteiger partial charge in [0.25, 0.3) is 5.91 Å². The predicted molar refractivity (Wildman–Crippen MR) is 115 cm³/mol. The largest absolute Gasteiger partial charge is 0.379 e. The van der Waals surface area contributed by atoms with Crippen molar-refractivity contribution >= 4 is 11.6 Å². The third-order valence-corrected chi connectivity index (χ3v) is 5.62. The van der Waals surface area contributed by atoms with E-state index in [4.69, 9.17) is 4.74 Å². The zero-order valence-corrected chi connectivity index (χ0v) is 17.9. The van der Waals surface area contributed by atoms with Crippen LogP contribution in [0.1, 0.15) is 34.2 Å². The molecule has 158 valence electrons. The van der Waals surface area contributed by atoms with Crippen molar-refractivity contribution in [3.05, 3.63) is 65.1 Å². The van der Waals surface area contributed by atoms with Gasteiger partial charge in [-0.3, -0.25) is 9.69 Å². The van der Waals surface area contributed by atoms with Crippen LogP contribution in [0.2, 0.25) is 0 Å². The van der Waals surface area contributed by atoms with Gasteiger partial charge in [-0.05, 0) is 32.4 Å². The van der Waals surface area contributed by atoms with Crippen molar-refractivity contribution < 1.29 is 9.53 Å². The van der Waals surface area contributed by atoms with Crippen molar-refractivity contribution in [3.8, 4) is 0 Å². The fourth-order valence-electron chi connectivity index (χ4n) is 4.04. The van der Waals surface area contributed by atoms with Crippen molar-refractivity contribution in [2.24, 2.45) is 0 Å².